The fraction of sp³-hybridized carbons (Fsp3) is 0.471. The van der Waals surface area contributed by atoms with E-state index < -0.39 is 0 Å². The van der Waals surface area contributed by atoms with Crippen LogP contribution in [0.2, 0.25) is 0 Å². The summed E-state index contributed by atoms with van der Waals surface area (Å²) < 4.78 is 1.78. The molecule has 0 fully saturated rings. The van der Waals surface area contributed by atoms with Gasteiger partial charge in [0, 0.05) is 27.7 Å². The van der Waals surface area contributed by atoms with Crippen molar-refractivity contribution in [3.8, 4) is 0 Å². The SMILES string of the molecule is CN=C(NCCc1cc(C)cc(C)c1)N(C)Cc1ncnn1C. The summed E-state index contributed by atoms with van der Waals surface area (Å²) in [4.78, 5) is 10.6. The molecule has 0 aliphatic rings. The second kappa shape index (κ2) is 7.76. The van der Waals surface area contributed by atoms with Crippen molar-refractivity contribution in [2.75, 3.05) is 20.6 Å². The Morgan fingerprint density at radius 3 is 2.52 bits per heavy atom. The van der Waals surface area contributed by atoms with Gasteiger partial charge < -0.3 is 10.2 Å². The van der Waals surface area contributed by atoms with Crippen LogP contribution in [0.3, 0.4) is 0 Å². The maximum atomic E-state index is 4.34. The van der Waals surface area contributed by atoms with Crippen LogP contribution in [0, 0.1) is 13.8 Å². The zero-order valence-electron chi connectivity index (χ0n) is 14.7. The first-order valence-corrected chi connectivity index (χ1v) is 7.81. The van der Waals surface area contributed by atoms with Crippen LogP contribution in [0.15, 0.2) is 29.5 Å². The third kappa shape index (κ3) is 4.81. The van der Waals surface area contributed by atoms with E-state index in [0.29, 0.717) is 6.54 Å². The Hall–Kier alpha value is -2.37. The molecule has 0 saturated carbocycles. The molecule has 1 N–H and O–H groups in total. The highest BCUT2D eigenvalue weighted by atomic mass is 15.4. The van der Waals surface area contributed by atoms with E-state index in [0.717, 1.165) is 24.7 Å². The molecule has 6 nitrogen and oxygen atoms in total. The second-order valence-corrected chi connectivity index (χ2v) is 5.88. The van der Waals surface area contributed by atoms with Crippen LogP contribution in [0.1, 0.15) is 22.5 Å². The van der Waals surface area contributed by atoms with Gasteiger partial charge >= 0.3 is 0 Å². The predicted molar refractivity (Wildman–Crippen MR) is 93.5 cm³/mol. The molecule has 6 heteroatoms. The number of hydrogen-bond acceptors (Lipinski definition) is 3. The van der Waals surface area contributed by atoms with Crippen LogP contribution in [-0.2, 0) is 20.0 Å². The van der Waals surface area contributed by atoms with E-state index in [1.165, 1.54) is 16.7 Å². The standard InChI is InChI=1S/C17H26N6/c1-13-8-14(2)10-15(9-13)6-7-19-17(18-3)22(4)11-16-20-12-21-23(16)5/h8-10,12H,6-7,11H2,1-5H3,(H,18,19). The predicted octanol–water partition coefficient (Wildman–Crippen LogP) is 1.68. The van der Waals surface area contributed by atoms with Crippen LogP contribution in [0.5, 0.6) is 0 Å². The van der Waals surface area contributed by atoms with Crippen molar-refractivity contribution in [1.82, 2.24) is 25.0 Å². The van der Waals surface area contributed by atoms with Crippen LogP contribution >= 0.6 is 0 Å². The smallest absolute Gasteiger partial charge is 0.193 e. The molecule has 124 valence electrons. The average molecular weight is 314 g/mol. The molecule has 0 unspecified atom stereocenters. The number of guanidine groups is 1. The summed E-state index contributed by atoms with van der Waals surface area (Å²) >= 11 is 0. The van der Waals surface area contributed by atoms with Gasteiger partial charge in [0.1, 0.15) is 12.2 Å². The van der Waals surface area contributed by atoms with Crippen LogP contribution < -0.4 is 5.32 Å². The number of nitrogens with zero attached hydrogens (tertiary/aromatic N) is 5. The minimum absolute atomic E-state index is 0.666. The molecule has 1 aromatic heterocycles. The molecule has 2 aromatic rings. The number of hydrogen-bond donors (Lipinski definition) is 1. The minimum atomic E-state index is 0.666. The van der Waals surface area contributed by atoms with E-state index >= 15 is 0 Å². The van der Waals surface area contributed by atoms with Gasteiger partial charge in [-0.1, -0.05) is 29.3 Å². The fourth-order valence-electron chi connectivity index (χ4n) is 2.67. The van der Waals surface area contributed by atoms with E-state index in [2.05, 4.69) is 52.4 Å². The molecule has 1 aromatic carbocycles. The molecule has 0 atom stereocenters. The Morgan fingerprint density at radius 1 is 1.26 bits per heavy atom. The average Bonchev–Trinajstić information content (AvgIpc) is 2.88. The van der Waals surface area contributed by atoms with Gasteiger partial charge in [0.2, 0.25) is 0 Å². The van der Waals surface area contributed by atoms with Gasteiger partial charge in [0.15, 0.2) is 5.96 Å². The number of rotatable bonds is 5. The lowest BCUT2D eigenvalue weighted by Gasteiger charge is -2.21. The van der Waals surface area contributed by atoms with Crippen molar-refractivity contribution in [2.45, 2.75) is 26.8 Å². The van der Waals surface area contributed by atoms with Crippen molar-refractivity contribution < 1.29 is 0 Å². The van der Waals surface area contributed by atoms with Crippen molar-refractivity contribution in [3.05, 3.63) is 47.0 Å². The molecule has 23 heavy (non-hydrogen) atoms. The summed E-state index contributed by atoms with van der Waals surface area (Å²) in [6.07, 6.45) is 2.54. The van der Waals surface area contributed by atoms with Gasteiger partial charge in [-0.15, -0.1) is 0 Å². The number of nitrogens with one attached hydrogen (secondary N) is 1. The van der Waals surface area contributed by atoms with E-state index in [4.69, 9.17) is 0 Å². The summed E-state index contributed by atoms with van der Waals surface area (Å²) in [5.41, 5.74) is 3.97. The van der Waals surface area contributed by atoms with Crippen molar-refractivity contribution >= 4 is 5.96 Å². The third-order valence-corrected chi connectivity index (χ3v) is 3.74. The van der Waals surface area contributed by atoms with Gasteiger partial charge in [-0.2, -0.15) is 5.10 Å². The lowest BCUT2D eigenvalue weighted by molar-refractivity contribution is 0.449. The van der Waals surface area contributed by atoms with Crippen molar-refractivity contribution in [2.24, 2.45) is 12.0 Å². The molecular weight excluding hydrogens is 288 g/mol. The van der Waals surface area contributed by atoms with Gasteiger partial charge in [0.05, 0.1) is 6.54 Å². The number of aryl methyl sites for hydroxylation is 3. The van der Waals surface area contributed by atoms with Gasteiger partial charge in [-0.05, 0) is 25.8 Å². The topological polar surface area (TPSA) is 58.3 Å². The minimum Gasteiger partial charge on any atom is -0.356 e. The first kappa shape index (κ1) is 17.0. The molecule has 0 aliphatic carbocycles. The Bertz CT molecular complexity index is 653. The Morgan fingerprint density at radius 2 is 1.96 bits per heavy atom. The maximum absolute atomic E-state index is 4.34. The number of aliphatic imine (C=N–C) groups is 1. The number of aromatic nitrogens is 3. The normalized spacial score (nSPS) is 11.6. The van der Waals surface area contributed by atoms with Crippen molar-refractivity contribution in [3.63, 3.8) is 0 Å². The largest absolute Gasteiger partial charge is 0.356 e. The monoisotopic (exact) mass is 314 g/mol. The highest BCUT2D eigenvalue weighted by molar-refractivity contribution is 5.79. The first-order chi connectivity index (χ1) is 11.0. The highest BCUT2D eigenvalue weighted by Crippen LogP contribution is 2.09. The molecule has 0 radical (unpaired) electrons. The molecule has 0 amide bonds. The summed E-state index contributed by atoms with van der Waals surface area (Å²) in [5.74, 6) is 1.77. The summed E-state index contributed by atoms with van der Waals surface area (Å²) in [5, 5.41) is 7.50. The first-order valence-electron chi connectivity index (χ1n) is 7.81. The van der Waals surface area contributed by atoms with E-state index in [1.54, 1.807) is 18.1 Å². The van der Waals surface area contributed by atoms with E-state index in [-0.39, 0.29) is 0 Å². The lowest BCUT2D eigenvalue weighted by atomic mass is 10.1. The van der Waals surface area contributed by atoms with Crippen LogP contribution in [0.4, 0.5) is 0 Å². The summed E-state index contributed by atoms with van der Waals surface area (Å²) in [6, 6.07) is 6.67. The lowest BCUT2D eigenvalue weighted by Crippen LogP contribution is -2.39. The molecule has 0 spiro atoms. The Balaban J connectivity index is 1.88. The Kier molecular flexibility index (Phi) is 5.73. The summed E-state index contributed by atoms with van der Waals surface area (Å²) in [7, 11) is 5.69. The van der Waals surface area contributed by atoms with Crippen LogP contribution in [0.25, 0.3) is 0 Å². The molecule has 2 rings (SSSR count). The van der Waals surface area contributed by atoms with Gasteiger partial charge in [-0.25, -0.2) is 4.98 Å². The zero-order valence-corrected chi connectivity index (χ0v) is 14.7. The summed E-state index contributed by atoms with van der Waals surface area (Å²) in [6.45, 7) is 5.79. The fourth-order valence-corrected chi connectivity index (χ4v) is 2.67. The Labute approximate surface area is 138 Å². The van der Waals surface area contributed by atoms with Crippen molar-refractivity contribution in [1.29, 1.82) is 0 Å². The maximum Gasteiger partial charge on any atom is 0.193 e. The second-order valence-electron chi connectivity index (χ2n) is 5.88. The molecule has 0 aliphatic heterocycles. The zero-order chi connectivity index (χ0) is 16.8. The van der Waals surface area contributed by atoms with Gasteiger partial charge in [-0.3, -0.25) is 9.67 Å². The van der Waals surface area contributed by atoms with Crippen LogP contribution in [-0.4, -0.2) is 46.3 Å². The molecule has 1 heterocycles. The highest BCUT2D eigenvalue weighted by Gasteiger charge is 2.09. The molecule has 0 saturated heterocycles. The van der Waals surface area contributed by atoms with Gasteiger partial charge in [0.25, 0.3) is 0 Å². The quantitative estimate of drug-likeness (QED) is 0.674. The van der Waals surface area contributed by atoms with E-state index in [9.17, 15) is 0 Å². The van der Waals surface area contributed by atoms with E-state index in [1.807, 2.05) is 19.0 Å². The number of benzene rings is 1. The third-order valence-electron chi connectivity index (χ3n) is 3.74. The molecular formula is C17H26N6. The molecule has 0 bridgehead atoms.